The Morgan fingerprint density at radius 3 is 2.79 bits per heavy atom. The van der Waals surface area contributed by atoms with Crippen molar-refractivity contribution in [2.75, 3.05) is 0 Å². The van der Waals surface area contributed by atoms with E-state index >= 15 is 0 Å². The lowest BCUT2D eigenvalue weighted by Gasteiger charge is -2.14. The first-order valence-corrected chi connectivity index (χ1v) is 10.00. The van der Waals surface area contributed by atoms with Crippen LogP contribution in [-0.2, 0) is 6.61 Å². The third kappa shape index (κ3) is 4.70. The van der Waals surface area contributed by atoms with Crippen molar-refractivity contribution in [3.05, 3.63) is 89.2 Å². The average Bonchev–Trinajstić information content (AvgIpc) is 3.45. The topological polar surface area (TPSA) is 77.2 Å². The minimum absolute atomic E-state index is 0.184. The molecule has 4 aromatic rings. The van der Waals surface area contributed by atoms with Crippen molar-refractivity contribution >= 4 is 17.2 Å². The van der Waals surface area contributed by atoms with E-state index in [9.17, 15) is 4.79 Å². The van der Waals surface area contributed by atoms with Crippen molar-refractivity contribution in [2.45, 2.75) is 19.6 Å². The van der Waals surface area contributed by atoms with Crippen LogP contribution in [0.5, 0.6) is 5.75 Å². The molecule has 0 aliphatic heterocycles. The van der Waals surface area contributed by atoms with E-state index in [1.54, 1.807) is 18.5 Å². The SMILES string of the molecule is CC(NC(=O)c1cc(-c2cccs2)on1)c1ccc(OCc2cccnc2)cc1. The number of nitrogens with zero attached hydrogens (tertiary/aromatic N) is 2. The van der Waals surface area contributed by atoms with Gasteiger partial charge in [-0.2, -0.15) is 0 Å². The van der Waals surface area contributed by atoms with Gasteiger partial charge in [-0.1, -0.05) is 29.4 Å². The molecule has 1 aromatic carbocycles. The molecule has 0 aliphatic carbocycles. The van der Waals surface area contributed by atoms with Crippen molar-refractivity contribution in [3.8, 4) is 16.4 Å². The summed E-state index contributed by atoms with van der Waals surface area (Å²) in [5.74, 6) is 1.07. The van der Waals surface area contributed by atoms with Gasteiger partial charge in [-0.3, -0.25) is 9.78 Å². The highest BCUT2D eigenvalue weighted by Crippen LogP contribution is 2.25. The van der Waals surface area contributed by atoms with E-state index < -0.39 is 0 Å². The number of hydrogen-bond acceptors (Lipinski definition) is 6. The molecule has 0 aliphatic rings. The van der Waals surface area contributed by atoms with Crippen LogP contribution in [0.25, 0.3) is 10.6 Å². The number of carbonyl (C=O) groups excluding carboxylic acids is 1. The number of carbonyl (C=O) groups is 1. The van der Waals surface area contributed by atoms with Gasteiger partial charge in [0.1, 0.15) is 12.4 Å². The summed E-state index contributed by atoms with van der Waals surface area (Å²) in [4.78, 5) is 17.5. The van der Waals surface area contributed by atoms with Crippen LogP contribution in [0.2, 0.25) is 0 Å². The molecule has 0 saturated carbocycles. The van der Waals surface area contributed by atoms with Crippen molar-refractivity contribution in [2.24, 2.45) is 0 Å². The number of ether oxygens (including phenoxy) is 1. The fourth-order valence-electron chi connectivity index (χ4n) is 2.77. The van der Waals surface area contributed by atoms with Crippen LogP contribution in [0.1, 0.15) is 34.6 Å². The van der Waals surface area contributed by atoms with Gasteiger partial charge in [0.05, 0.1) is 10.9 Å². The molecular formula is C22H19N3O3S. The zero-order valence-corrected chi connectivity index (χ0v) is 16.6. The Morgan fingerprint density at radius 1 is 1.21 bits per heavy atom. The molecule has 1 unspecified atom stereocenters. The minimum atomic E-state index is -0.277. The number of thiophene rings is 1. The number of pyridine rings is 1. The lowest BCUT2D eigenvalue weighted by molar-refractivity contribution is 0.0931. The Labute approximate surface area is 172 Å². The van der Waals surface area contributed by atoms with Gasteiger partial charge < -0.3 is 14.6 Å². The van der Waals surface area contributed by atoms with E-state index in [0.717, 1.165) is 21.8 Å². The quantitative estimate of drug-likeness (QED) is 0.475. The van der Waals surface area contributed by atoms with Crippen LogP contribution >= 0.6 is 11.3 Å². The number of aromatic nitrogens is 2. The van der Waals surface area contributed by atoms with E-state index in [-0.39, 0.29) is 17.6 Å². The molecule has 7 heteroatoms. The maximum Gasteiger partial charge on any atom is 0.273 e. The molecule has 29 heavy (non-hydrogen) atoms. The summed E-state index contributed by atoms with van der Waals surface area (Å²) in [6.45, 7) is 2.38. The molecule has 1 amide bonds. The fraction of sp³-hybridized carbons (Fsp3) is 0.136. The van der Waals surface area contributed by atoms with Crippen LogP contribution < -0.4 is 10.1 Å². The van der Waals surface area contributed by atoms with Gasteiger partial charge in [0.2, 0.25) is 0 Å². The second-order valence-corrected chi connectivity index (χ2v) is 7.42. The van der Waals surface area contributed by atoms with E-state index in [1.165, 1.54) is 11.3 Å². The van der Waals surface area contributed by atoms with E-state index in [4.69, 9.17) is 9.26 Å². The van der Waals surface area contributed by atoms with E-state index in [1.807, 2.05) is 60.8 Å². The highest BCUT2D eigenvalue weighted by atomic mass is 32.1. The van der Waals surface area contributed by atoms with Crippen LogP contribution in [0, 0.1) is 0 Å². The second kappa shape index (κ2) is 8.70. The van der Waals surface area contributed by atoms with Gasteiger partial charge in [0.15, 0.2) is 11.5 Å². The predicted molar refractivity (Wildman–Crippen MR) is 111 cm³/mol. The van der Waals surface area contributed by atoms with E-state index in [0.29, 0.717) is 12.4 Å². The molecule has 1 N–H and O–H groups in total. The standard InChI is InChI=1S/C22H19N3O3S/c1-15(24-22(26)19-12-20(28-25-19)21-5-3-11-29-21)17-6-8-18(9-7-17)27-14-16-4-2-10-23-13-16/h2-13,15H,14H2,1H3,(H,24,26). The first-order valence-electron chi connectivity index (χ1n) is 9.12. The number of hydrogen-bond donors (Lipinski definition) is 1. The maximum absolute atomic E-state index is 12.5. The first kappa shape index (κ1) is 18.9. The molecule has 0 fully saturated rings. The summed E-state index contributed by atoms with van der Waals surface area (Å²) in [5, 5.41) is 8.77. The van der Waals surface area contributed by atoms with Crippen molar-refractivity contribution in [1.82, 2.24) is 15.5 Å². The Bertz CT molecular complexity index is 1060. The average molecular weight is 405 g/mol. The molecule has 6 nitrogen and oxygen atoms in total. The zero-order chi connectivity index (χ0) is 20.1. The Hall–Kier alpha value is -3.45. The second-order valence-electron chi connectivity index (χ2n) is 6.47. The largest absolute Gasteiger partial charge is 0.489 e. The Balaban J connectivity index is 1.34. The molecule has 146 valence electrons. The summed E-state index contributed by atoms with van der Waals surface area (Å²) in [7, 11) is 0. The molecule has 3 heterocycles. The van der Waals surface area contributed by atoms with Gasteiger partial charge in [0.25, 0.3) is 5.91 Å². The first-order chi connectivity index (χ1) is 14.2. The van der Waals surface area contributed by atoms with Crippen LogP contribution in [0.15, 0.2) is 76.9 Å². The van der Waals surface area contributed by atoms with Gasteiger partial charge in [-0.05, 0) is 42.1 Å². The smallest absolute Gasteiger partial charge is 0.273 e. The molecule has 1 atom stereocenters. The number of rotatable bonds is 7. The zero-order valence-electron chi connectivity index (χ0n) is 15.7. The van der Waals surface area contributed by atoms with Crippen molar-refractivity contribution in [1.29, 1.82) is 0 Å². The molecule has 3 aromatic heterocycles. The lowest BCUT2D eigenvalue weighted by Crippen LogP contribution is -2.26. The molecule has 0 spiro atoms. The Kier molecular flexibility index (Phi) is 5.67. The summed E-state index contributed by atoms with van der Waals surface area (Å²) in [5.41, 5.74) is 2.23. The third-order valence-corrected chi connectivity index (χ3v) is 5.25. The molecule has 0 radical (unpaired) electrons. The summed E-state index contributed by atoms with van der Waals surface area (Å²) < 4.78 is 11.0. The molecule has 0 saturated heterocycles. The number of amides is 1. The highest BCUT2D eigenvalue weighted by Gasteiger charge is 2.17. The number of nitrogens with one attached hydrogen (secondary N) is 1. The summed E-state index contributed by atoms with van der Waals surface area (Å²) >= 11 is 1.53. The monoisotopic (exact) mass is 405 g/mol. The van der Waals surface area contributed by atoms with Gasteiger partial charge in [-0.15, -0.1) is 11.3 Å². The normalized spacial score (nSPS) is 11.8. The van der Waals surface area contributed by atoms with Crippen molar-refractivity contribution < 1.29 is 14.1 Å². The van der Waals surface area contributed by atoms with Gasteiger partial charge in [0, 0.05) is 24.0 Å². The lowest BCUT2D eigenvalue weighted by atomic mass is 10.1. The highest BCUT2D eigenvalue weighted by molar-refractivity contribution is 7.13. The Morgan fingerprint density at radius 2 is 2.07 bits per heavy atom. The van der Waals surface area contributed by atoms with Crippen LogP contribution in [-0.4, -0.2) is 16.0 Å². The summed E-state index contributed by atoms with van der Waals surface area (Å²) in [6.07, 6.45) is 3.51. The molecule has 4 rings (SSSR count). The minimum Gasteiger partial charge on any atom is -0.489 e. The van der Waals surface area contributed by atoms with Crippen LogP contribution in [0.3, 0.4) is 0 Å². The molecular weight excluding hydrogens is 386 g/mol. The fourth-order valence-corrected chi connectivity index (χ4v) is 3.45. The third-order valence-electron chi connectivity index (χ3n) is 4.36. The van der Waals surface area contributed by atoms with Gasteiger partial charge in [-0.25, -0.2) is 0 Å². The summed E-state index contributed by atoms with van der Waals surface area (Å²) in [6, 6.07) is 16.8. The molecule has 0 bridgehead atoms. The maximum atomic E-state index is 12.5. The van der Waals surface area contributed by atoms with Crippen LogP contribution in [0.4, 0.5) is 0 Å². The number of benzene rings is 1. The van der Waals surface area contributed by atoms with E-state index in [2.05, 4.69) is 15.5 Å². The van der Waals surface area contributed by atoms with Gasteiger partial charge >= 0.3 is 0 Å². The van der Waals surface area contributed by atoms with Crippen molar-refractivity contribution in [3.63, 3.8) is 0 Å². The predicted octanol–water partition coefficient (Wildman–Crippen LogP) is 4.87.